The van der Waals surface area contributed by atoms with Gasteiger partial charge in [0.2, 0.25) is 0 Å². The van der Waals surface area contributed by atoms with Gasteiger partial charge in [0.1, 0.15) is 5.78 Å². The first-order chi connectivity index (χ1) is 4.33. The zero-order valence-electron chi connectivity index (χ0n) is 5.81. The molecule has 1 fully saturated rings. The van der Waals surface area contributed by atoms with Crippen molar-refractivity contribution < 1.29 is 4.79 Å². The van der Waals surface area contributed by atoms with Crippen LogP contribution in [0.15, 0.2) is 11.6 Å². The largest absolute Gasteiger partial charge is 0.299 e. The van der Waals surface area contributed by atoms with Crippen molar-refractivity contribution in [1.29, 1.82) is 0 Å². The predicted molar refractivity (Wildman–Crippen MR) is 37.2 cm³/mol. The Morgan fingerprint density at radius 3 is 2.67 bits per heavy atom. The number of carbonyl (C=O) groups is 1. The first kappa shape index (κ1) is 6.53. The molecule has 0 unspecified atom stereocenters. The van der Waals surface area contributed by atoms with E-state index in [-0.39, 0.29) is 0 Å². The summed E-state index contributed by atoms with van der Waals surface area (Å²) in [5.41, 5.74) is 1.33. The van der Waals surface area contributed by atoms with Crippen molar-refractivity contribution in [1.82, 2.24) is 0 Å². The fourth-order valence-corrected chi connectivity index (χ4v) is 1.19. The number of Topliss-reactive ketones (excluding diaryl/α,β-unsaturated/α-hetero) is 1. The average Bonchev–Trinajstić information content (AvgIpc) is 1.88. The van der Waals surface area contributed by atoms with E-state index < -0.39 is 0 Å². The van der Waals surface area contributed by atoms with E-state index in [0.717, 1.165) is 25.7 Å². The third-order valence-corrected chi connectivity index (χ3v) is 1.79. The minimum Gasteiger partial charge on any atom is -0.299 e. The summed E-state index contributed by atoms with van der Waals surface area (Å²) in [5, 5.41) is 0. The summed E-state index contributed by atoms with van der Waals surface area (Å²) >= 11 is 0. The number of ketones is 1. The second-order valence-electron chi connectivity index (χ2n) is 2.52. The van der Waals surface area contributed by atoms with Gasteiger partial charge in [0.15, 0.2) is 0 Å². The molecule has 1 nitrogen and oxygen atoms in total. The Morgan fingerprint density at radius 2 is 2.22 bits per heavy atom. The van der Waals surface area contributed by atoms with Crippen LogP contribution in [0.5, 0.6) is 0 Å². The van der Waals surface area contributed by atoms with Crippen LogP contribution in [0.2, 0.25) is 0 Å². The maximum absolute atomic E-state index is 10.8. The normalized spacial score (nSPS) is 25.0. The fraction of sp³-hybridized carbons (Fsp3) is 0.625. The van der Waals surface area contributed by atoms with Gasteiger partial charge in [-0.2, -0.15) is 0 Å². The highest BCUT2D eigenvalue weighted by atomic mass is 16.1. The maximum Gasteiger partial charge on any atom is 0.136 e. The van der Waals surface area contributed by atoms with Gasteiger partial charge in [-0.1, -0.05) is 11.6 Å². The van der Waals surface area contributed by atoms with Crippen LogP contribution < -0.4 is 0 Å². The molecule has 0 atom stereocenters. The van der Waals surface area contributed by atoms with Gasteiger partial charge >= 0.3 is 0 Å². The van der Waals surface area contributed by atoms with Crippen LogP contribution in [0.25, 0.3) is 0 Å². The quantitative estimate of drug-likeness (QED) is 0.452. The smallest absolute Gasteiger partial charge is 0.136 e. The number of hydrogen-bond acceptors (Lipinski definition) is 1. The summed E-state index contributed by atoms with van der Waals surface area (Å²) in [6, 6.07) is 0. The van der Waals surface area contributed by atoms with Crippen molar-refractivity contribution in [3.8, 4) is 0 Å². The third-order valence-electron chi connectivity index (χ3n) is 1.79. The lowest BCUT2D eigenvalue weighted by Crippen LogP contribution is -2.05. The zero-order valence-corrected chi connectivity index (χ0v) is 5.81. The van der Waals surface area contributed by atoms with Crippen molar-refractivity contribution in [2.45, 2.75) is 32.6 Å². The van der Waals surface area contributed by atoms with Crippen molar-refractivity contribution >= 4 is 5.78 Å². The molecule has 0 spiro atoms. The molecule has 50 valence electrons. The SMILES string of the molecule is CC=C1CCCC(=O)C1. The van der Waals surface area contributed by atoms with Crippen molar-refractivity contribution in [2.75, 3.05) is 0 Å². The van der Waals surface area contributed by atoms with E-state index in [1.807, 2.05) is 6.92 Å². The van der Waals surface area contributed by atoms with E-state index in [1.54, 1.807) is 0 Å². The van der Waals surface area contributed by atoms with Crippen LogP contribution in [-0.2, 0) is 4.79 Å². The highest BCUT2D eigenvalue weighted by molar-refractivity contribution is 5.81. The van der Waals surface area contributed by atoms with E-state index >= 15 is 0 Å². The van der Waals surface area contributed by atoms with E-state index in [2.05, 4.69) is 6.08 Å². The molecule has 0 aliphatic heterocycles. The number of carbonyl (C=O) groups excluding carboxylic acids is 1. The Labute approximate surface area is 55.8 Å². The second kappa shape index (κ2) is 2.81. The Bertz CT molecular complexity index is 145. The lowest BCUT2D eigenvalue weighted by Gasteiger charge is -2.11. The second-order valence-corrected chi connectivity index (χ2v) is 2.52. The number of allylic oxidation sites excluding steroid dienone is 2. The van der Waals surface area contributed by atoms with Crippen molar-refractivity contribution in [3.05, 3.63) is 11.6 Å². The molecule has 0 N–H and O–H groups in total. The highest BCUT2D eigenvalue weighted by Gasteiger charge is 2.10. The van der Waals surface area contributed by atoms with Crippen LogP contribution in [0.3, 0.4) is 0 Å². The summed E-state index contributed by atoms with van der Waals surface area (Å²) in [4.78, 5) is 10.8. The Morgan fingerprint density at radius 1 is 1.44 bits per heavy atom. The van der Waals surface area contributed by atoms with Gasteiger partial charge < -0.3 is 0 Å². The average molecular weight is 124 g/mol. The van der Waals surface area contributed by atoms with Gasteiger partial charge in [0.25, 0.3) is 0 Å². The third kappa shape index (κ3) is 1.67. The molecule has 1 saturated carbocycles. The first-order valence-corrected chi connectivity index (χ1v) is 3.48. The molecular formula is C8H12O. The van der Waals surface area contributed by atoms with E-state index in [9.17, 15) is 4.79 Å². The van der Waals surface area contributed by atoms with Crippen molar-refractivity contribution in [3.63, 3.8) is 0 Å². The molecule has 0 amide bonds. The van der Waals surface area contributed by atoms with Gasteiger partial charge in [-0.25, -0.2) is 0 Å². The van der Waals surface area contributed by atoms with E-state index in [4.69, 9.17) is 0 Å². The highest BCUT2D eigenvalue weighted by Crippen LogP contribution is 2.19. The van der Waals surface area contributed by atoms with E-state index in [1.165, 1.54) is 5.57 Å². The topological polar surface area (TPSA) is 17.1 Å². The predicted octanol–water partition coefficient (Wildman–Crippen LogP) is 2.08. The van der Waals surface area contributed by atoms with Crippen LogP contribution in [-0.4, -0.2) is 5.78 Å². The van der Waals surface area contributed by atoms with Crippen LogP contribution in [0, 0.1) is 0 Å². The van der Waals surface area contributed by atoms with Gasteiger partial charge in [0.05, 0.1) is 0 Å². The molecule has 1 rings (SSSR count). The molecule has 9 heavy (non-hydrogen) atoms. The van der Waals surface area contributed by atoms with Gasteiger partial charge in [-0.15, -0.1) is 0 Å². The molecule has 1 aliphatic rings. The lowest BCUT2D eigenvalue weighted by molar-refractivity contribution is -0.119. The monoisotopic (exact) mass is 124 g/mol. The van der Waals surface area contributed by atoms with E-state index in [0.29, 0.717) is 5.78 Å². The maximum atomic E-state index is 10.8. The zero-order chi connectivity index (χ0) is 6.69. The molecule has 0 radical (unpaired) electrons. The molecule has 0 aromatic carbocycles. The molecule has 0 aromatic rings. The summed E-state index contributed by atoms with van der Waals surface area (Å²) in [6.07, 6.45) is 5.80. The van der Waals surface area contributed by atoms with Gasteiger partial charge in [0, 0.05) is 12.8 Å². The van der Waals surface area contributed by atoms with Gasteiger partial charge in [-0.3, -0.25) is 4.79 Å². The minimum absolute atomic E-state index is 0.411. The summed E-state index contributed by atoms with van der Waals surface area (Å²) < 4.78 is 0. The molecule has 1 aliphatic carbocycles. The lowest BCUT2D eigenvalue weighted by atomic mass is 9.94. The summed E-state index contributed by atoms with van der Waals surface area (Å²) in [5.74, 6) is 0.411. The minimum atomic E-state index is 0.411. The first-order valence-electron chi connectivity index (χ1n) is 3.48. The summed E-state index contributed by atoms with van der Waals surface area (Å²) in [6.45, 7) is 2.01. The fourth-order valence-electron chi connectivity index (χ4n) is 1.19. The molecule has 0 aromatic heterocycles. The molecular weight excluding hydrogens is 112 g/mol. The standard InChI is InChI=1S/C8H12O/c1-2-7-4-3-5-8(9)6-7/h2H,3-6H2,1H3. The molecule has 0 saturated heterocycles. The molecule has 0 bridgehead atoms. The Kier molecular flexibility index (Phi) is 2.04. The summed E-state index contributed by atoms with van der Waals surface area (Å²) in [7, 11) is 0. The van der Waals surface area contributed by atoms with Crippen molar-refractivity contribution in [2.24, 2.45) is 0 Å². The Hall–Kier alpha value is -0.590. The number of hydrogen-bond donors (Lipinski definition) is 0. The molecule has 1 heteroatoms. The van der Waals surface area contributed by atoms with Crippen LogP contribution >= 0.6 is 0 Å². The molecule has 0 heterocycles. The van der Waals surface area contributed by atoms with Crippen LogP contribution in [0.1, 0.15) is 32.6 Å². The van der Waals surface area contributed by atoms with Crippen LogP contribution in [0.4, 0.5) is 0 Å². The Balaban J connectivity index is 2.51. The van der Waals surface area contributed by atoms with Gasteiger partial charge in [-0.05, 0) is 19.8 Å². The number of rotatable bonds is 0.